The summed E-state index contributed by atoms with van der Waals surface area (Å²) < 4.78 is 49.8. The average Bonchev–Trinajstić information content (AvgIpc) is 2.59. The summed E-state index contributed by atoms with van der Waals surface area (Å²) in [5, 5.41) is 8.91. The van der Waals surface area contributed by atoms with Gasteiger partial charge in [0.25, 0.3) is 0 Å². The minimum Gasteiger partial charge on any atom is -0.383 e. The molecule has 3 nitrogen and oxygen atoms in total. The van der Waals surface area contributed by atoms with Crippen molar-refractivity contribution in [3.63, 3.8) is 0 Å². The maximum absolute atomic E-state index is 13.2. The number of halogens is 5. The van der Waals surface area contributed by atoms with Crippen molar-refractivity contribution in [2.24, 2.45) is 0 Å². The van der Waals surface area contributed by atoms with E-state index in [1.165, 1.54) is 6.07 Å². The second kappa shape index (κ2) is 4.51. The molecule has 98 valence electrons. The number of rotatable bonds is 2. The summed E-state index contributed by atoms with van der Waals surface area (Å²) in [6.07, 6.45) is -7.89. The van der Waals surface area contributed by atoms with Gasteiger partial charge in [-0.05, 0) is 22.0 Å². The van der Waals surface area contributed by atoms with E-state index in [1.54, 1.807) is 0 Å². The number of alkyl halides is 3. The van der Waals surface area contributed by atoms with Crippen molar-refractivity contribution >= 4 is 27.0 Å². The van der Waals surface area contributed by atoms with Crippen LogP contribution in [0.15, 0.2) is 16.6 Å². The summed E-state index contributed by atoms with van der Waals surface area (Å²) in [4.78, 5) is 6.39. The van der Waals surface area contributed by atoms with Gasteiger partial charge in [-0.25, -0.2) is 9.37 Å². The van der Waals surface area contributed by atoms with Gasteiger partial charge in [0.2, 0.25) is 0 Å². The predicted molar refractivity (Wildman–Crippen MR) is 59.5 cm³/mol. The number of aliphatic hydroxyl groups is 1. The molecule has 0 saturated heterocycles. The molecule has 1 atom stereocenters. The Balaban J connectivity index is 2.31. The summed E-state index contributed by atoms with van der Waals surface area (Å²) in [6, 6.07) is 2.47. The van der Waals surface area contributed by atoms with E-state index in [9.17, 15) is 17.6 Å². The van der Waals surface area contributed by atoms with Gasteiger partial charge in [-0.3, -0.25) is 0 Å². The fourth-order valence-electron chi connectivity index (χ4n) is 1.45. The van der Waals surface area contributed by atoms with E-state index in [2.05, 4.69) is 25.9 Å². The smallest absolute Gasteiger partial charge is 0.383 e. The maximum atomic E-state index is 13.2. The quantitative estimate of drug-likeness (QED) is 0.834. The van der Waals surface area contributed by atoms with Gasteiger partial charge in [0, 0.05) is 12.5 Å². The van der Waals surface area contributed by atoms with E-state index in [0.717, 1.165) is 6.07 Å². The number of benzene rings is 1. The van der Waals surface area contributed by atoms with Gasteiger partial charge >= 0.3 is 6.18 Å². The van der Waals surface area contributed by atoms with Crippen molar-refractivity contribution in [3.8, 4) is 0 Å². The number of aromatic amines is 1. The van der Waals surface area contributed by atoms with Crippen LogP contribution in [0.1, 0.15) is 5.82 Å². The fraction of sp³-hybridized carbons (Fsp3) is 0.300. The number of aliphatic hydroxyl groups excluding tert-OH is 1. The zero-order chi connectivity index (χ0) is 13.5. The Labute approximate surface area is 107 Å². The van der Waals surface area contributed by atoms with Gasteiger partial charge in [-0.1, -0.05) is 0 Å². The van der Waals surface area contributed by atoms with Gasteiger partial charge in [0.1, 0.15) is 11.6 Å². The largest absolute Gasteiger partial charge is 0.414 e. The number of hydrogen-bond donors (Lipinski definition) is 2. The lowest BCUT2D eigenvalue weighted by molar-refractivity contribution is -0.203. The lowest BCUT2D eigenvalue weighted by Crippen LogP contribution is -2.30. The van der Waals surface area contributed by atoms with Crippen LogP contribution < -0.4 is 0 Å². The number of nitrogens with one attached hydrogen (secondary N) is 1. The van der Waals surface area contributed by atoms with Crippen LogP contribution in [0, 0.1) is 5.82 Å². The number of fused-ring (bicyclic) bond motifs is 1. The van der Waals surface area contributed by atoms with E-state index >= 15 is 0 Å². The molecule has 2 aromatic rings. The lowest BCUT2D eigenvalue weighted by Gasteiger charge is -2.12. The molecule has 2 rings (SSSR count). The van der Waals surface area contributed by atoms with Crippen LogP contribution in [-0.2, 0) is 6.42 Å². The number of imidazole rings is 1. The SMILES string of the molecule is OC(Cc1nc2cc(Br)c(F)cc2[nH]1)C(F)(F)F. The molecule has 0 saturated carbocycles. The van der Waals surface area contributed by atoms with Gasteiger partial charge < -0.3 is 10.1 Å². The monoisotopic (exact) mass is 326 g/mol. The van der Waals surface area contributed by atoms with E-state index < -0.39 is 24.5 Å². The number of hydrogen-bond acceptors (Lipinski definition) is 2. The standard InChI is InChI=1S/C10H7BrF4N2O/c11-4-1-6-7(2-5(4)12)17-9(16-6)3-8(18)10(13,14)15/h1-2,8,18H,3H2,(H,16,17). The average molecular weight is 327 g/mol. The second-order valence-electron chi connectivity index (χ2n) is 3.73. The summed E-state index contributed by atoms with van der Waals surface area (Å²) in [5.74, 6) is -0.596. The Kier molecular flexibility index (Phi) is 3.33. The van der Waals surface area contributed by atoms with Crippen LogP contribution in [-0.4, -0.2) is 27.4 Å². The molecule has 0 fully saturated rings. The molecule has 18 heavy (non-hydrogen) atoms. The normalized spacial score (nSPS) is 14.1. The molecule has 0 radical (unpaired) electrons. The molecule has 2 N–H and O–H groups in total. The van der Waals surface area contributed by atoms with E-state index in [1.807, 2.05) is 0 Å². The minimum absolute atomic E-state index is 0.0488. The van der Waals surface area contributed by atoms with E-state index in [0.29, 0.717) is 5.52 Å². The molecule has 0 aliphatic heterocycles. The molecule has 0 amide bonds. The van der Waals surface area contributed by atoms with Crippen LogP contribution in [0.3, 0.4) is 0 Å². The molecule has 1 heterocycles. The van der Waals surface area contributed by atoms with Crippen molar-refractivity contribution in [3.05, 3.63) is 28.2 Å². The molecule has 1 unspecified atom stereocenters. The van der Waals surface area contributed by atoms with Gasteiger partial charge in [0.15, 0.2) is 6.10 Å². The predicted octanol–water partition coefficient (Wildman–Crippen LogP) is 2.93. The van der Waals surface area contributed by atoms with Crippen molar-refractivity contribution in [2.75, 3.05) is 0 Å². The van der Waals surface area contributed by atoms with E-state index in [4.69, 9.17) is 5.11 Å². The highest BCUT2D eigenvalue weighted by Crippen LogP contribution is 2.25. The second-order valence-corrected chi connectivity index (χ2v) is 4.58. The zero-order valence-electron chi connectivity index (χ0n) is 8.72. The highest BCUT2D eigenvalue weighted by Gasteiger charge is 2.38. The van der Waals surface area contributed by atoms with Gasteiger partial charge in [-0.15, -0.1) is 0 Å². The first-order valence-electron chi connectivity index (χ1n) is 4.86. The Morgan fingerprint density at radius 1 is 1.39 bits per heavy atom. The molecule has 0 aliphatic rings. The highest BCUT2D eigenvalue weighted by molar-refractivity contribution is 9.10. The first-order chi connectivity index (χ1) is 8.27. The third kappa shape index (κ3) is 2.64. The Bertz CT molecular complexity index is 542. The van der Waals surface area contributed by atoms with Crippen molar-refractivity contribution in [1.82, 2.24) is 9.97 Å². The Morgan fingerprint density at radius 2 is 2.06 bits per heavy atom. The minimum atomic E-state index is -4.70. The van der Waals surface area contributed by atoms with Crippen molar-refractivity contribution in [2.45, 2.75) is 18.7 Å². The first-order valence-corrected chi connectivity index (χ1v) is 5.65. The molecule has 0 spiro atoms. The lowest BCUT2D eigenvalue weighted by atomic mass is 10.2. The Morgan fingerprint density at radius 3 is 2.67 bits per heavy atom. The molecular weight excluding hydrogens is 320 g/mol. The van der Waals surface area contributed by atoms with Crippen molar-refractivity contribution in [1.29, 1.82) is 0 Å². The van der Waals surface area contributed by atoms with Crippen LogP contribution in [0.5, 0.6) is 0 Å². The van der Waals surface area contributed by atoms with E-state index in [-0.39, 0.29) is 15.8 Å². The van der Waals surface area contributed by atoms with Gasteiger partial charge in [-0.2, -0.15) is 13.2 Å². The molecule has 0 aliphatic carbocycles. The van der Waals surface area contributed by atoms with Crippen LogP contribution >= 0.6 is 15.9 Å². The third-order valence-electron chi connectivity index (χ3n) is 2.34. The summed E-state index contributed by atoms with van der Waals surface area (Å²) in [6.45, 7) is 0. The Hall–Kier alpha value is -1.15. The summed E-state index contributed by atoms with van der Waals surface area (Å²) >= 11 is 2.95. The summed E-state index contributed by atoms with van der Waals surface area (Å²) in [5.41, 5.74) is 0.604. The van der Waals surface area contributed by atoms with Gasteiger partial charge in [0.05, 0.1) is 15.5 Å². The number of nitrogens with zero attached hydrogens (tertiary/aromatic N) is 1. The molecule has 1 aromatic heterocycles. The molecule has 8 heteroatoms. The molecular formula is C10H7BrF4N2O. The van der Waals surface area contributed by atoms with Crippen LogP contribution in [0.4, 0.5) is 17.6 Å². The first kappa shape index (κ1) is 13.3. The van der Waals surface area contributed by atoms with Crippen LogP contribution in [0.2, 0.25) is 0 Å². The van der Waals surface area contributed by atoms with Crippen LogP contribution in [0.25, 0.3) is 11.0 Å². The molecule has 1 aromatic carbocycles. The topological polar surface area (TPSA) is 48.9 Å². The number of H-pyrrole nitrogens is 1. The van der Waals surface area contributed by atoms with Crippen molar-refractivity contribution < 1.29 is 22.7 Å². The zero-order valence-corrected chi connectivity index (χ0v) is 10.3. The maximum Gasteiger partial charge on any atom is 0.414 e. The third-order valence-corrected chi connectivity index (χ3v) is 2.95. The molecule has 0 bridgehead atoms. The summed E-state index contributed by atoms with van der Waals surface area (Å²) in [7, 11) is 0. The fourth-order valence-corrected chi connectivity index (χ4v) is 1.78. The highest BCUT2D eigenvalue weighted by atomic mass is 79.9. The number of aromatic nitrogens is 2.